The highest BCUT2D eigenvalue weighted by atomic mass is 16.1. The van der Waals surface area contributed by atoms with E-state index in [2.05, 4.69) is 25.9 Å². The number of benzene rings is 1. The van der Waals surface area contributed by atoms with E-state index in [0.29, 0.717) is 5.56 Å². The van der Waals surface area contributed by atoms with Gasteiger partial charge in [0.1, 0.15) is 0 Å². The van der Waals surface area contributed by atoms with Crippen LogP contribution in [0.5, 0.6) is 0 Å². The molecule has 5 rings (SSSR count). The van der Waals surface area contributed by atoms with E-state index in [0.717, 1.165) is 47.8 Å². The molecule has 1 fully saturated rings. The molecule has 0 spiro atoms. The van der Waals surface area contributed by atoms with Gasteiger partial charge in [-0.25, -0.2) is 4.98 Å². The van der Waals surface area contributed by atoms with Gasteiger partial charge in [-0.3, -0.25) is 14.0 Å². The Morgan fingerprint density at radius 1 is 1.13 bits per heavy atom. The summed E-state index contributed by atoms with van der Waals surface area (Å²) in [6.07, 6.45) is 6.18. The van der Waals surface area contributed by atoms with Crippen molar-refractivity contribution in [2.75, 3.05) is 18.4 Å². The van der Waals surface area contributed by atoms with E-state index in [9.17, 15) is 9.59 Å². The van der Waals surface area contributed by atoms with E-state index < -0.39 is 0 Å². The summed E-state index contributed by atoms with van der Waals surface area (Å²) in [6.45, 7) is 1.76. The lowest BCUT2D eigenvalue weighted by molar-refractivity contribution is 0.0940. The Labute approximate surface area is 178 Å². The summed E-state index contributed by atoms with van der Waals surface area (Å²) in [7, 11) is 0. The number of anilines is 2. The number of amides is 1. The molecule has 1 saturated heterocycles. The smallest absolute Gasteiger partial charge is 0.251 e. The van der Waals surface area contributed by atoms with Crippen LogP contribution in [0.2, 0.25) is 0 Å². The minimum absolute atomic E-state index is 0.0573. The van der Waals surface area contributed by atoms with Crippen LogP contribution in [0.1, 0.15) is 16.8 Å². The van der Waals surface area contributed by atoms with Crippen molar-refractivity contribution in [1.82, 2.24) is 25.0 Å². The molecule has 0 saturated carbocycles. The Morgan fingerprint density at radius 2 is 2.00 bits per heavy atom. The van der Waals surface area contributed by atoms with Crippen LogP contribution in [0.4, 0.5) is 11.4 Å². The molecule has 1 amide bonds. The lowest BCUT2D eigenvalue weighted by atomic mass is 10.1. The molecular weight excluding hydrogens is 392 g/mol. The average Bonchev–Trinajstić information content (AvgIpc) is 3.47. The molecule has 8 heteroatoms. The third kappa shape index (κ3) is 3.93. The van der Waals surface area contributed by atoms with Crippen molar-refractivity contribution in [3.8, 4) is 11.3 Å². The van der Waals surface area contributed by atoms with Crippen molar-refractivity contribution in [3.05, 3.63) is 83.0 Å². The number of H-pyrrole nitrogens is 1. The van der Waals surface area contributed by atoms with E-state index in [4.69, 9.17) is 0 Å². The highest BCUT2D eigenvalue weighted by Crippen LogP contribution is 2.27. The van der Waals surface area contributed by atoms with E-state index >= 15 is 0 Å². The van der Waals surface area contributed by atoms with Gasteiger partial charge in [0.25, 0.3) is 5.91 Å². The lowest BCUT2D eigenvalue weighted by Gasteiger charge is -2.13. The number of fused-ring (bicyclic) bond motifs is 1. The average molecular weight is 414 g/mol. The Morgan fingerprint density at radius 3 is 2.77 bits per heavy atom. The number of nitrogens with zero attached hydrogens (tertiary/aromatic N) is 2. The van der Waals surface area contributed by atoms with Gasteiger partial charge < -0.3 is 20.9 Å². The summed E-state index contributed by atoms with van der Waals surface area (Å²) in [5.41, 5.74) is 4.59. The number of pyridine rings is 2. The number of nitrogens with one attached hydrogen (secondary N) is 4. The minimum atomic E-state index is -0.152. The molecule has 8 nitrogen and oxygen atoms in total. The first-order valence-corrected chi connectivity index (χ1v) is 10.2. The Kier molecular flexibility index (Phi) is 4.97. The standard InChI is InChI=1S/C23H22N6O2/c30-21-13-16(7-10-25-21)20-6-5-19(22-26-11-12-29(20)22)27-17-3-1-15(2-4-17)23(31)28-18-8-9-24-14-18/h1-7,10-13,18,24,27H,8-9,14H2,(H,25,30)(H,28,31). The third-order valence-corrected chi connectivity index (χ3v) is 5.44. The number of hydrogen-bond acceptors (Lipinski definition) is 5. The number of hydrogen-bond donors (Lipinski definition) is 4. The molecule has 0 aliphatic carbocycles. The summed E-state index contributed by atoms with van der Waals surface area (Å²) in [6, 6.07) is 14.9. The highest BCUT2D eigenvalue weighted by molar-refractivity contribution is 5.95. The van der Waals surface area contributed by atoms with Crippen molar-refractivity contribution in [2.24, 2.45) is 0 Å². The fourth-order valence-electron chi connectivity index (χ4n) is 3.86. The molecule has 4 aromatic rings. The summed E-state index contributed by atoms with van der Waals surface area (Å²) >= 11 is 0. The molecule has 1 aromatic carbocycles. The molecular formula is C23H22N6O2. The van der Waals surface area contributed by atoms with Gasteiger partial charge in [0.2, 0.25) is 5.56 Å². The van der Waals surface area contributed by atoms with Gasteiger partial charge in [-0.05, 0) is 55.4 Å². The van der Waals surface area contributed by atoms with Gasteiger partial charge in [0.05, 0.1) is 11.4 Å². The monoisotopic (exact) mass is 414 g/mol. The van der Waals surface area contributed by atoms with Crippen molar-refractivity contribution >= 4 is 22.9 Å². The van der Waals surface area contributed by atoms with Crippen molar-refractivity contribution < 1.29 is 4.79 Å². The van der Waals surface area contributed by atoms with Gasteiger partial charge in [-0.1, -0.05) is 0 Å². The summed E-state index contributed by atoms with van der Waals surface area (Å²) in [5.74, 6) is -0.0573. The van der Waals surface area contributed by atoms with Crippen LogP contribution < -0.4 is 21.5 Å². The Balaban J connectivity index is 1.37. The van der Waals surface area contributed by atoms with E-state index in [-0.39, 0.29) is 17.5 Å². The second-order valence-corrected chi connectivity index (χ2v) is 7.56. The fraction of sp³-hybridized carbons (Fsp3) is 0.174. The van der Waals surface area contributed by atoms with E-state index in [1.54, 1.807) is 18.5 Å². The predicted molar refractivity (Wildman–Crippen MR) is 120 cm³/mol. The first-order valence-electron chi connectivity index (χ1n) is 10.2. The van der Waals surface area contributed by atoms with Crippen LogP contribution in [0.3, 0.4) is 0 Å². The van der Waals surface area contributed by atoms with Crippen LogP contribution in [0.25, 0.3) is 16.9 Å². The predicted octanol–water partition coefficient (Wildman–Crippen LogP) is 2.52. The molecule has 0 radical (unpaired) electrons. The van der Waals surface area contributed by atoms with Crippen LogP contribution in [-0.2, 0) is 0 Å². The molecule has 1 unspecified atom stereocenters. The molecule has 0 bridgehead atoms. The van der Waals surface area contributed by atoms with Crippen LogP contribution in [0, 0.1) is 0 Å². The number of carbonyl (C=O) groups excluding carboxylic acids is 1. The SMILES string of the molecule is O=C(NC1CCNC1)c1ccc(Nc2ccc(-c3cc[nH]c(=O)c3)n3ccnc23)cc1. The Hall–Kier alpha value is -3.91. The maximum absolute atomic E-state index is 12.4. The summed E-state index contributed by atoms with van der Waals surface area (Å²) in [5, 5.41) is 9.67. The van der Waals surface area contributed by atoms with Crippen molar-refractivity contribution in [2.45, 2.75) is 12.5 Å². The largest absolute Gasteiger partial charge is 0.352 e. The molecule has 156 valence electrons. The Bertz CT molecular complexity index is 1290. The van der Waals surface area contributed by atoms with Gasteiger partial charge >= 0.3 is 0 Å². The quantitative estimate of drug-likeness (QED) is 0.402. The second kappa shape index (κ2) is 8.08. The molecule has 1 aliphatic heterocycles. The molecule has 1 atom stereocenters. The lowest BCUT2D eigenvalue weighted by Crippen LogP contribution is -2.36. The molecule has 4 N–H and O–H groups in total. The van der Waals surface area contributed by atoms with Gasteiger partial charge in [0, 0.05) is 54.1 Å². The van der Waals surface area contributed by atoms with Crippen molar-refractivity contribution in [3.63, 3.8) is 0 Å². The van der Waals surface area contributed by atoms with Gasteiger partial charge in [0.15, 0.2) is 5.65 Å². The van der Waals surface area contributed by atoms with Crippen LogP contribution in [0.15, 0.2) is 71.9 Å². The molecule has 1 aliphatic rings. The third-order valence-electron chi connectivity index (χ3n) is 5.44. The number of carbonyl (C=O) groups is 1. The van der Waals surface area contributed by atoms with Crippen molar-refractivity contribution in [1.29, 1.82) is 0 Å². The van der Waals surface area contributed by atoms with E-state index in [1.807, 2.05) is 53.1 Å². The molecule has 31 heavy (non-hydrogen) atoms. The zero-order valence-corrected chi connectivity index (χ0v) is 16.8. The fourth-order valence-corrected chi connectivity index (χ4v) is 3.86. The first kappa shape index (κ1) is 19.1. The number of aromatic amines is 1. The highest BCUT2D eigenvalue weighted by Gasteiger charge is 2.17. The molecule has 3 aromatic heterocycles. The topological polar surface area (TPSA) is 103 Å². The maximum Gasteiger partial charge on any atom is 0.251 e. The van der Waals surface area contributed by atoms with Crippen LogP contribution >= 0.6 is 0 Å². The normalized spacial score (nSPS) is 15.8. The number of rotatable bonds is 5. The molecule has 4 heterocycles. The summed E-state index contributed by atoms with van der Waals surface area (Å²) in [4.78, 5) is 31.2. The van der Waals surface area contributed by atoms with E-state index in [1.165, 1.54) is 0 Å². The second-order valence-electron chi connectivity index (χ2n) is 7.56. The van der Waals surface area contributed by atoms with Crippen LogP contribution in [-0.4, -0.2) is 39.4 Å². The minimum Gasteiger partial charge on any atom is -0.352 e. The number of aromatic nitrogens is 3. The summed E-state index contributed by atoms with van der Waals surface area (Å²) < 4.78 is 1.94. The first-order chi connectivity index (χ1) is 15.2. The van der Waals surface area contributed by atoms with Gasteiger partial charge in [-0.2, -0.15) is 0 Å². The van der Waals surface area contributed by atoms with Gasteiger partial charge in [-0.15, -0.1) is 0 Å². The zero-order chi connectivity index (χ0) is 21.2. The number of imidazole rings is 1. The maximum atomic E-state index is 12.4. The zero-order valence-electron chi connectivity index (χ0n) is 16.8.